The maximum atomic E-state index is 5.67. The van der Waals surface area contributed by atoms with Crippen LogP contribution in [0.4, 0.5) is 0 Å². The van der Waals surface area contributed by atoms with Crippen molar-refractivity contribution >= 4 is 0 Å². The molecule has 0 amide bonds. The average molecular weight is 264 g/mol. The molecule has 0 bridgehead atoms. The topological polar surface area (TPSA) is 47.1 Å². The Kier molecular flexibility index (Phi) is 6.37. The molecule has 1 fully saturated rings. The largest absolute Gasteiger partial charge is 0.337 e. The van der Waals surface area contributed by atoms with E-state index in [-0.39, 0.29) is 0 Å². The highest BCUT2D eigenvalue weighted by molar-refractivity contribution is 4.77. The summed E-state index contributed by atoms with van der Waals surface area (Å²) in [7, 11) is 0. The van der Waals surface area contributed by atoms with Crippen LogP contribution in [0, 0.1) is 0 Å². The molecule has 0 radical (unpaired) electrons. The predicted octanol–water partition coefficient (Wildman–Crippen LogP) is 2.26. The fourth-order valence-corrected chi connectivity index (χ4v) is 3.09. The Labute approximate surface area is 117 Å². The zero-order valence-corrected chi connectivity index (χ0v) is 12.0. The van der Waals surface area contributed by atoms with E-state index in [1.165, 1.54) is 51.6 Å². The van der Waals surface area contributed by atoms with Gasteiger partial charge in [0.05, 0.1) is 6.33 Å². The number of hydrogen-bond donors (Lipinski definition) is 1. The molecule has 1 saturated carbocycles. The van der Waals surface area contributed by atoms with E-state index in [1.54, 1.807) is 0 Å². The minimum Gasteiger partial charge on any atom is -0.337 e. The van der Waals surface area contributed by atoms with E-state index < -0.39 is 0 Å². The second-order valence-electron chi connectivity index (χ2n) is 5.62. The first kappa shape index (κ1) is 14.5. The summed E-state index contributed by atoms with van der Waals surface area (Å²) in [5, 5.41) is 0. The van der Waals surface area contributed by atoms with E-state index in [0.717, 1.165) is 25.6 Å². The van der Waals surface area contributed by atoms with Crippen molar-refractivity contribution < 1.29 is 0 Å². The van der Waals surface area contributed by atoms with Crippen LogP contribution in [0.25, 0.3) is 0 Å². The number of hydrogen-bond acceptors (Lipinski definition) is 3. The van der Waals surface area contributed by atoms with Crippen LogP contribution in [0.2, 0.25) is 0 Å². The molecule has 0 spiro atoms. The van der Waals surface area contributed by atoms with Gasteiger partial charge in [0.15, 0.2) is 0 Å². The SMILES string of the molecule is NCCCN(CCCn1ccnc1)C1CCCCC1. The summed E-state index contributed by atoms with van der Waals surface area (Å²) in [6, 6.07) is 0.808. The van der Waals surface area contributed by atoms with E-state index in [9.17, 15) is 0 Å². The van der Waals surface area contributed by atoms with Crippen LogP contribution in [0.1, 0.15) is 44.9 Å². The number of rotatable bonds is 8. The van der Waals surface area contributed by atoms with Gasteiger partial charge < -0.3 is 15.2 Å². The van der Waals surface area contributed by atoms with Gasteiger partial charge in [0.2, 0.25) is 0 Å². The Balaban J connectivity index is 1.75. The van der Waals surface area contributed by atoms with E-state index >= 15 is 0 Å². The van der Waals surface area contributed by atoms with Crippen molar-refractivity contribution in [3.8, 4) is 0 Å². The summed E-state index contributed by atoms with van der Waals surface area (Å²) < 4.78 is 2.17. The lowest BCUT2D eigenvalue weighted by atomic mass is 9.94. The molecule has 4 nitrogen and oxygen atoms in total. The molecule has 1 aliphatic carbocycles. The van der Waals surface area contributed by atoms with Gasteiger partial charge in [-0.15, -0.1) is 0 Å². The molecular formula is C15H28N4. The summed E-state index contributed by atoms with van der Waals surface area (Å²) in [6.07, 6.45) is 15.2. The zero-order chi connectivity index (χ0) is 13.3. The molecule has 1 aromatic rings. The van der Waals surface area contributed by atoms with Gasteiger partial charge in [-0.05, 0) is 38.8 Å². The molecule has 2 N–H and O–H groups in total. The summed E-state index contributed by atoms with van der Waals surface area (Å²) in [5.74, 6) is 0. The van der Waals surface area contributed by atoms with Gasteiger partial charge in [-0.25, -0.2) is 4.98 Å². The fraction of sp³-hybridized carbons (Fsp3) is 0.800. The number of nitrogens with zero attached hydrogens (tertiary/aromatic N) is 3. The molecule has 4 heteroatoms. The van der Waals surface area contributed by atoms with Crippen LogP contribution < -0.4 is 5.73 Å². The quantitative estimate of drug-likeness (QED) is 0.783. The van der Waals surface area contributed by atoms with Crippen molar-refractivity contribution in [1.29, 1.82) is 0 Å². The first-order valence-corrected chi connectivity index (χ1v) is 7.80. The lowest BCUT2D eigenvalue weighted by Gasteiger charge is -2.34. The second-order valence-corrected chi connectivity index (χ2v) is 5.62. The number of imidazole rings is 1. The van der Waals surface area contributed by atoms with Gasteiger partial charge >= 0.3 is 0 Å². The van der Waals surface area contributed by atoms with E-state index in [0.29, 0.717) is 0 Å². The summed E-state index contributed by atoms with van der Waals surface area (Å²) in [5.41, 5.74) is 5.67. The first-order chi connectivity index (χ1) is 9.40. The minimum atomic E-state index is 0.808. The first-order valence-electron chi connectivity index (χ1n) is 7.80. The normalized spacial score (nSPS) is 17.2. The highest BCUT2D eigenvalue weighted by Crippen LogP contribution is 2.22. The third-order valence-corrected chi connectivity index (χ3v) is 4.16. The summed E-state index contributed by atoms with van der Waals surface area (Å²) >= 11 is 0. The predicted molar refractivity (Wildman–Crippen MR) is 79.0 cm³/mol. The van der Waals surface area contributed by atoms with Crippen molar-refractivity contribution in [2.75, 3.05) is 19.6 Å². The lowest BCUT2D eigenvalue weighted by Crippen LogP contribution is -2.39. The molecule has 0 aliphatic heterocycles. The summed E-state index contributed by atoms with van der Waals surface area (Å²) in [4.78, 5) is 6.78. The Morgan fingerprint density at radius 3 is 2.63 bits per heavy atom. The summed E-state index contributed by atoms with van der Waals surface area (Å²) in [6.45, 7) is 4.25. The molecule has 0 unspecified atom stereocenters. The van der Waals surface area contributed by atoms with Gasteiger partial charge in [-0.3, -0.25) is 0 Å². The highest BCUT2D eigenvalue weighted by atomic mass is 15.2. The minimum absolute atomic E-state index is 0.808. The maximum Gasteiger partial charge on any atom is 0.0945 e. The van der Waals surface area contributed by atoms with Gasteiger partial charge in [-0.2, -0.15) is 0 Å². The Bertz CT molecular complexity index is 317. The second kappa shape index (κ2) is 8.33. The molecule has 2 rings (SSSR count). The fourth-order valence-electron chi connectivity index (χ4n) is 3.09. The Hall–Kier alpha value is -0.870. The maximum absolute atomic E-state index is 5.67. The van der Waals surface area contributed by atoms with Crippen LogP contribution >= 0.6 is 0 Å². The van der Waals surface area contributed by atoms with Gasteiger partial charge in [0.1, 0.15) is 0 Å². The molecular weight excluding hydrogens is 236 g/mol. The third-order valence-electron chi connectivity index (χ3n) is 4.16. The molecule has 1 aromatic heterocycles. The van der Waals surface area contributed by atoms with Gasteiger partial charge in [-0.1, -0.05) is 19.3 Å². The zero-order valence-electron chi connectivity index (χ0n) is 12.0. The molecule has 1 heterocycles. The van der Waals surface area contributed by atoms with Crippen molar-refractivity contribution in [3.05, 3.63) is 18.7 Å². The van der Waals surface area contributed by atoms with Crippen LogP contribution in [-0.2, 0) is 6.54 Å². The van der Waals surface area contributed by atoms with Crippen molar-refractivity contribution in [1.82, 2.24) is 14.5 Å². The molecule has 0 aromatic carbocycles. The monoisotopic (exact) mass is 264 g/mol. The molecule has 1 aliphatic rings. The van der Waals surface area contributed by atoms with Crippen molar-refractivity contribution in [2.45, 2.75) is 57.5 Å². The van der Waals surface area contributed by atoms with Crippen LogP contribution in [0.3, 0.4) is 0 Å². The van der Waals surface area contributed by atoms with E-state index in [2.05, 4.69) is 14.5 Å². The number of nitrogens with two attached hydrogens (primary N) is 1. The standard InChI is InChI=1S/C15H28N4/c16-8-4-11-19(15-6-2-1-3-7-15)12-5-10-18-13-9-17-14-18/h9,13-15H,1-8,10-12,16H2. The van der Waals surface area contributed by atoms with Crippen molar-refractivity contribution in [2.24, 2.45) is 5.73 Å². The number of aromatic nitrogens is 2. The smallest absolute Gasteiger partial charge is 0.0945 e. The van der Waals surface area contributed by atoms with E-state index in [4.69, 9.17) is 5.73 Å². The molecule has 108 valence electrons. The average Bonchev–Trinajstić information content (AvgIpc) is 2.97. The highest BCUT2D eigenvalue weighted by Gasteiger charge is 2.20. The van der Waals surface area contributed by atoms with E-state index in [1.807, 2.05) is 18.7 Å². The van der Waals surface area contributed by atoms with Crippen LogP contribution in [0.5, 0.6) is 0 Å². The van der Waals surface area contributed by atoms with Crippen LogP contribution in [0.15, 0.2) is 18.7 Å². The number of aryl methyl sites for hydroxylation is 1. The van der Waals surface area contributed by atoms with Gasteiger partial charge in [0.25, 0.3) is 0 Å². The Morgan fingerprint density at radius 2 is 1.95 bits per heavy atom. The lowest BCUT2D eigenvalue weighted by molar-refractivity contribution is 0.151. The molecule has 0 saturated heterocycles. The van der Waals surface area contributed by atoms with Crippen molar-refractivity contribution in [3.63, 3.8) is 0 Å². The van der Waals surface area contributed by atoms with Gasteiger partial charge in [0, 0.05) is 31.5 Å². The van der Waals surface area contributed by atoms with Crippen LogP contribution in [-0.4, -0.2) is 40.1 Å². The third kappa shape index (κ3) is 4.96. The Morgan fingerprint density at radius 1 is 1.16 bits per heavy atom. The molecule has 0 atom stereocenters. The molecule has 19 heavy (non-hydrogen) atoms.